The van der Waals surface area contributed by atoms with Crippen molar-refractivity contribution in [3.8, 4) is 0 Å². The van der Waals surface area contributed by atoms with Gasteiger partial charge in [-0.3, -0.25) is 4.79 Å². The van der Waals surface area contributed by atoms with E-state index < -0.39 is 0 Å². The highest BCUT2D eigenvalue weighted by molar-refractivity contribution is 6.21. The summed E-state index contributed by atoms with van der Waals surface area (Å²) >= 11 is 6.69. The zero-order chi connectivity index (χ0) is 22.5. The average Bonchev–Trinajstić information content (AvgIpc) is 3.15. The van der Waals surface area contributed by atoms with E-state index in [0.717, 1.165) is 63.4 Å². The first kappa shape index (κ1) is 25.9. The molecule has 174 valence electrons. The molecule has 0 spiro atoms. The van der Waals surface area contributed by atoms with Gasteiger partial charge < -0.3 is 14.9 Å². The molecule has 0 saturated heterocycles. The van der Waals surface area contributed by atoms with Crippen LogP contribution in [0.5, 0.6) is 0 Å². The molecular weight excluding hydrogens is 412 g/mol. The number of benzene rings is 1. The summed E-state index contributed by atoms with van der Waals surface area (Å²) in [6, 6.07) is 8.43. The van der Waals surface area contributed by atoms with E-state index in [-0.39, 0.29) is 30.7 Å². The van der Waals surface area contributed by atoms with Gasteiger partial charge in [-0.05, 0) is 55.6 Å². The number of unbranched alkanes of at least 4 members (excludes halogenated alkanes) is 3. The molecule has 4 atom stereocenters. The van der Waals surface area contributed by atoms with Crippen molar-refractivity contribution >= 4 is 17.6 Å². The van der Waals surface area contributed by atoms with E-state index in [2.05, 4.69) is 43.3 Å². The number of carbonyl (C=O) groups excluding carboxylic acids is 1. The summed E-state index contributed by atoms with van der Waals surface area (Å²) in [5.74, 6) is 0.613. The van der Waals surface area contributed by atoms with Crippen molar-refractivity contribution in [1.29, 1.82) is 0 Å². The van der Waals surface area contributed by atoms with Crippen molar-refractivity contribution in [1.82, 2.24) is 0 Å². The number of hydrogen-bond acceptors (Lipinski definition) is 4. The molecule has 1 saturated carbocycles. The molecule has 0 amide bonds. The standard InChI is InChI=1S/C26H39ClO4/c1-2-3-6-10-24(29)20-12-14-22(15-13-20)26-21(16-17-23(26)27)9-7-4-5-8-11-25(30)31-19-18-28/h4,7,12-15,21,23-24,26,28-29H,2-3,5-6,8-11,16-19H2,1H3/b7-4+/t21-,23-,24?,26-/m0/s1. The number of hydrogen-bond donors (Lipinski definition) is 2. The Morgan fingerprint density at radius 3 is 2.68 bits per heavy atom. The second-order valence-corrected chi connectivity index (χ2v) is 9.16. The molecule has 0 aromatic heterocycles. The Balaban J connectivity index is 1.81. The van der Waals surface area contributed by atoms with Gasteiger partial charge in [-0.15, -0.1) is 11.6 Å². The molecule has 2 rings (SSSR count). The molecule has 1 aromatic carbocycles. The number of ether oxygens (including phenoxy) is 1. The molecular formula is C26H39ClO4. The van der Waals surface area contributed by atoms with Crippen molar-refractivity contribution in [3.63, 3.8) is 0 Å². The van der Waals surface area contributed by atoms with Gasteiger partial charge in [0.1, 0.15) is 6.61 Å². The Morgan fingerprint density at radius 1 is 1.19 bits per heavy atom. The van der Waals surface area contributed by atoms with Gasteiger partial charge in [-0.2, -0.15) is 0 Å². The van der Waals surface area contributed by atoms with Crippen molar-refractivity contribution in [2.45, 2.75) is 88.5 Å². The summed E-state index contributed by atoms with van der Waals surface area (Å²) in [6.07, 6.45) is 13.3. The first-order chi connectivity index (χ1) is 15.1. The fourth-order valence-corrected chi connectivity index (χ4v) is 4.93. The third kappa shape index (κ3) is 8.96. The highest BCUT2D eigenvalue weighted by Crippen LogP contribution is 2.45. The smallest absolute Gasteiger partial charge is 0.305 e. The lowest BCUT2D eigenvalue weighted by atomic mass is 9.85. The highest BCUT2D eigenvalue weighted by atomic mass is 35.5. The van der Waals surface area contributed by atoms with E-state index in [4.69, 9.17) is 21.4 Å². The molecule has 2 N–H and O–H groups in total. The van der Waals surface area contributed by atoms with Crippen LogP contribution in [-0.4, -0.2) is 34.8 Å². The van der Waals surface area contributed by atoms with Gasteiger partial charge >= 0.3 is 5.97 Å². The van der Waals surface area contributed by atoms with Crippen LogP contribution in [-0.2, 0) is 9.53 Å². The normalized spacial score (nSPS) is 22.1. The van der Waals surface area contributed by atoms with Gasteiger partial charge in [-0.25, -0.2) is 0 Å². The first-order valence-electron chi connectivity index (χ1n) is 11.9. The third-order valence-corrected chi connectivity index (χ3v) is 6.70. The van der Waals surface area contributed by atoms with E-state index in [0.29, 0.717) is 18.3 Å². The minimum atomic E-state index is -0.379. The van der Waals surface area contributed by atoms with Crippen LogP contribution in [0.3, 0.4) is 0 Å². The maximum absolute atomic E-state index is 11.4. The van der Waals surface area contributed by atoms with Crippen molar-refractivity contribution in [3.05, 3.63) is 47.5 Å². The summed E-state index contributed by atoms with van der Waals surface area (Å²) in [4.78, 5) is 11.4. The quantitative estimate of drug-likeness (QED) is 0.156. The Morgan fingerprint density at radius 2 is 1.97 bits per heavy atom. The van der Waals surface area contributed by atoms with Gasteiger partial charge in [0.25, 0.3) is 0 Å². The predicted molar refractivity (Wildman–Crippen MR) is 126 cm³/mol. The number of allylic oxidation sites excluding steroid dienone is 2. The SMILES string of the molecule is CCCCCC(O)c1ccc([C@@H]2[C@@H](C/C=C/CCCC(=O)OCCO)CC[C@@H]2Cl)cc1. The Hall–Kier alpha value is -1.36. The lowest BCUT2D eigenvalue weighted by molar-refractivity contribution is -0.144. The molecule has 0 radical (unpaired) electrons. The number of carbonyl (C=O) groups is 1. The lowest BCUT2D eigenvalue weighted by Crippen LogP contribution is -2.13. The van der Waals surface area contributed by atoms with E-state index in [1.54, 1.807) is 0 Å². The van der Waals surface area contributed by atoms with Crippen LogP contribution >= 0.6 is 11.6 Å². The Bertz CT molecular complexity index is 658. The summed E-state index contributed by atoms with van der Waals surface area (Å²) in [5.41, 5.74) is 2.27. The molecule has 0 bridgehead atoms. The summed E-state index contributed by atoms with van der Waals surface area (Å²) in [6.45, 7) is 2.13. The second kappa shape index (κ2) is 14.7. The van der Waals surface area contributed by atoms with Crippen molar-refractivity contribution in [2.24, 2.45) is 5.92 Å². The van der Waals surface area contributed by atoms with Gasteiger partial charge in [-0.1, -0.05) is 62.6 Å². The Labute approximate surface area is 192 Å². The molecule has 1 unspecified atom stereocenters. The molecule has 1 aromatic rings. The number of aliphatic hydroxyl groups is 2. The average molecular weight is 451 g/mol. The molecule has 0 heterocycles. The molecule has 4 nitrogen and oxygen atoms in total. The molecule has 0 aliphatic heterocycles. The monoisotopic (exact) mass is 450 g/mol. The maximum atomic E-state index is 11.4. The van der Waals surface area contributed by atoms with Gasteiger partial charge in [0.15, 0.2) is 0 Å². The zero-order valence-corrected chi connectivity index (χ0v) is 19.6. The second-order valence-electron chi connectivity index (χ2n) is 8.60. The largest absolute Gasteiger partial charge is 0.463 e. The van der Waals surface area contributed by atoms with E-state index >= 15 is 0 Å². The number of aliphatic hydroxyl groups excluding tert-OH is 2. The van der Waals surface area contributed by atoms with Crippen molar-refractivity contribution in [2.75, 3.05) is 13.2 Å². The molecule has 1 fully saturated rings. The maximum Gasteiger partial charge on any atom is 0.305 e. The fraction of sp³-hybridized carbons (Fsp3) is 0.654. The fourth-order valence-electron chi connectivity index (χ4n) is 4.45. The minimum Gasteiger partial charge on any atom is -0.463 e. The highest BCUT2D eigenvalue weighted by Gasteiger charge is 2.35. The Kier molecular flexibility index (Phi) is 12.2. The van der Waals surface area contributed by atoms with Crippen LogP contribution in [0.2, 0.25) is 0 Å². The lowest BCUT2D eigenvalue weighted by Gasteiger charge is -2.22. The first-order valence-corrected chi connectivity index (χ1v) is 12.3. The van der Waals surface area contributed by atoms with Crippen LogP contribution in [0.15, 0.2) is 36.4 Å². The van der Waals surface area contributed by atoms with Crippen LogP contribution in [0.4, 0.5) is 0 Å². The van der Waals surface area contributed by atoms with Crippen LogP contribution in [0.25, 0.3) is 0 Å². The minimum absolute atomic E-state index is 0.0795. The molecule has 1 aliphatic rings. The topological polar surface area (TPSA) is 66.8 Å². The molecule has 5 heteroatoms. The third-order valence-electron chi connectivity index (χ3n) is 6.21. The summed E-state index contributed by atoms with van der Waals surface area (Å²) in [5, 5.41) is 19.2. The van der Waals surface area contributed by atoms with E-state index in [1.165, 1.54) is 5.56 Å². The van der Waals surface area contributed by atoms with Crippen LogP contribution < -0.4 is 0 Å². The number of alkyl halides is 1. The van der Waals surface area contributed by atoms with E-state index in [1.807, 2.05) is 0 Å². The van der Waals surface area contributed by atoms with Gasteiger partial charge in [0.2, 0.25) is 0 Å². The predicted octanol–water partition coefficient (Wildman–Crippen LogP) is 6.05. The van der Waals surface area contributed by atoms with Gasteiger partial charge in [0, 0.05) is 17.7 Å². The summed E-state index contributed by atoms with van der Waals surface area (Å²) < 4.78 is 4.86. The number of halogens is 1. The number of rotatable bonds is 14. The molecule has 1 aliphatic carbocycles. The van der Waals surface area contributed by atoms with E-state index in [9.17, 15) is 9.90 Å². The number of esters is 1. The van der Waals surface area contributed by atoms with Crippen molar-refractivity contribution < 1.29 is 19.7 Å². The van der Waals surface area contributed by atoms with Gasteiger partial charge in [0.05, 0.1) is 12.7 Å². The molecule has 31 heavy (non-hydrogen) atoms. The van der Waals surface area contributed by atoms with Crippen LogP contribution in [0, 0.1) is 5.92 Å². The summed E-state index contributed by atoms with van der Waals surface area (Å²) in [7, 11) is 0. The van der Waals surface area contributed by atoms with Crippen LogP contribution in [0.1, 0.15) is 94.3 Å². The zero-order valence-electron chi connectivity index (χ0n) is 18.8.